The molecule has 0 saturated heterocycles. The van der Waals surface area contributed by atoms with Crippen molar-refractivity contribution >= 4 is 10.9 Å². The van der Waals surface area contributed by atoms with Crippen LogP contribution in [0.25, 0.3) is 22.2 Å². The second-order valence-corrected chi connectivity index (χ2v) is 6.07. The number of fused-ring (bicyclic) bond motifs is 1. The van der Waals surface area contributed by atoms with E-state index in [4.69, 9.17) is 0 Å². The van der Waals surface area contributed by atoms with Crippen molar-refractivity contribution in [2.75, 3.05) is 0 Å². The molecule has 0 aliphatic heterocycles. The Morgan fingerprint density at radius 3 is 2.48 bits per heavy atom. The molecule has 4 heteroatoms. The number of aromatic amines is 1. The van der Waals surface area contributed by atoms with Gasteiger partial charge in [0.1, 0.15) is 5.82 Å². The Balaban J connectivity index is 1.62. The molecule has 0 bridgehead atoms. The summed E-state index contributed by atoms with van der Waals surface area (Å²) in [7, 11) is 0. The van der Waals surface area contributed by atoms with Gasteiger partial charge in [-0.1, -0.05) is 42.5 Å². The molecule has 0 spiro atoms. The predicted octanol–water partition coefficient (Wildman–Crippen LogP) is 3.88. The molecule has 2 heterocycles. The van der Waals surface area contributed by atoms with Gasteiger partial charge in [-0.15, -0.1) is 0 Å². The summed E-state index contributed by atoms with van der Waals surface area (Å²) in [5, 5.41) is 0.618. The summed E-state index contributed by atoms with van der Waals surface area (Å²) < 4.78 is 0. The normalized spacial score (nSPS) is 10.9. The summed E-state index contributed by atoms with van der Waals surface area (Å²) in [5.41, 5.74) is 4.76. The maximum absolute atomic E-state index is 12.2. The second-order valence-electron chi connectivity index (χ2n) is 6.07. The average Bonchev–Trinajstić information content (AvgIpc) is 2.62. The number of aryl methyl sites for hydroxylation is 1. The highest BCUT2D eigenvalue weighted by molar-refractivity contribution is 5.77. The second kappa shape index (κ2) is 6.32. The third-order valence-corrected chi connectivity index (χ3v) is 4.17. The van der Waals surface area contributed by atoms with Crippen LogP contribution in [0.1, 0.15) is 17.1 Å². The van der Waals surface area contributed by atoms with Gasteiger partial charge in [-0.2, -0.15) is 0 Å². The molecule has 0 amide bonds. The van der Waals surface area contributed by atoms with Crippen molar-refractivity contribution in [1.29, 1.82) is 0 Å². The molecule has 122 valence electrons. The number of pyridine rings is 1. The van der Waals surface area contributed by atoms with Gasteiger partial charge >= 0.3 is 0 Å². The van der Waals surface area contributed by atoms with Gasteiger partial charge < -0.3 is 4.98 Å². The standard InChI is InChI=1S/C21H17N3O/c1-14-5-4-8-18(22-14)16-11-9-15(10-12-16)13-20-23-19-7-3-2-6-17(19)21(25)24-20/h2-12H,13H2,1H3,(H,23,24,25). The number of nitrogens with zero attached hydrogens (tertiary/aromatic N) is 2. The van der Waals surface area contributed by atoms with Gasteiger partial charge in [0.05, 0.1) is 16.6 Å². The van der Waals surface area contributed by atoms with Crippen LogP contribution in [0.3, 0.4) is 0 Å². The number of hydrogen-bond acceptors (Lipinski definition) is 3. The minimum absolute atomic E-state index is 0.0961. The van der Waals surface area contributed by atoms with E-state index in [1.807, 2.05) is 43.3 Å². The molecule has 0 unspecified atom stereocenters. The summed E-state index contributed by atoms with van der Waals surface area (Å²) >= 11 is 0. The van der Waals surface area contributed by atoms with E-state index in [2.05, 4.69) is 39.2 Å². The fourth-order valence-electron chi connectivity index (χ4n) is 2.91. The van der Waals surface area contributed by atoms with Crippen LogP contribution in [0.5, 0.6) is 0 Å². The lowest BCUT2D eigenvalue weighted by molar-refractivity contribution is 0.973. The highest BCUT2D eigenvalue weighted by atomic mass is 16.1. The van der Waals surface area contributed by atoms with Crippen molar-refractivity contribution < 1.29 is 0 Å². The van der Waals surface area contributed by atoms with E-state index in [0.29, 0.717) is 17.6 Å². The highest BCUT2D eigenvalue weighted by Gasteiger charge is 2.05. The van der Waals surface area contributed by atoms with E-state index in [-0.39, 0.29) is 5.56 Å². The first-order valence-electron chi connectivity index (χ1n) is 8.20. The van der Waals surface area contributed by atoms with Gasteiger partial charge in [0.25, 0.3) is 5.56 Å². The van der Waals surface area contributed by atoms with Crippen LogP contribution in [0, 0.1) is 6.92 Å². The SMILES string of the molecule is Cc1cccc(-c2ccc(Cc3nc4ccccc4c(=O)[nH]3)cc2)n1. The molecule has 0 fully saturated rings. The van der Waals surface area contributed by atoms with Crippen molar-refractivity contribution in [3.8, 4) is 11.3 Å². The predicted molar refractivity (Wildman–Crippen MR) is 99.6 cm³/mol. The number of H-pyrrole nitrogens is 1. The lowest BCUT2D eigenvalue weighted by Gasteiger charge is -2.06. The van der Waals surface area contributed by atoms with Crippen molar-refractivity contribution in [3.63, 3.8) is 0 Å². The van der Waals surface area contributed by atoms with Crippen LogP contribution >= 0.6 is 0 Å². The van der Waals surface area contributed by atoms with Crippen LogP contribution in [0.15, 0.2) is 71.5 Å². The van der Waals surface area contributed by atoms with Crippen LogP contribution in [-0.2, 0) is 6.42 Å². The molecule has 4 nitrogen and oxygen atoms in total. The minimum atomic E-state index is -0.0961. The molecule has 2 aromatic carbocycles. The van der Waals surface area contributed by atoms with Gasteiger partial charge in [0, 0.05) is 17.7 Å². The topological polar surface area (TPSA) is 58.6 Å². The molecule has 0 aliphatic carbocycles. The molecule has 0 atom stereocenters. The van der Waals surface area contributed by atoms with Crippen LogP contribution in [-0.4, -0.2) is 15.0 Å². The Bertz CT molecular complexity index is 1100. The number of rotatable bonds is 3. The number of hydrogen-bond donors (Lipinski definition) is 1. The lowest BCUT2D eigenvalue weighted by atomic mass is 10.1. The fourth-order valence-corrected chi connectivity index (χ4v) is 2.91. The van der Waals surface area contributed by atoms with E-state index >= 15 is 0 Å². The van der Waals surface area contributed by atoms with E-state index < -0.39 is 0 Å². The van der Waals surface area contributed by atoms with Gasteiger partial charge in [0.15, 0.2) is 0 Å². The highest BCUT2D eigenvalue weighted by Crippen LogP contribution is 2.19. The van der Waals surface area contributed by atoms with Crippen molar-refractivity contribution in [3.05, 3.63) is 94.2 Å². The summed E-state index contributed by atoms with van der Waals surface area (Å²) in [5.74, 6) is 0.671. The maximum atomic E-state index is 12.2. The van der Waals surface area contributed by atoms with Gasteiger partial charge in [-0.3, -0.25) is 9.78 Å². The Morgan fingerprint density at radius 1 is 0.880 bits per heavy atom. The van der Waals surface area contributed by atoms with Crippen LogP contribution in [0.2, 0.25) is 0 Å². The fraction of sp³-hybridized carbons (Fsp3) is 0.0952. The third-order valence-electron chi connectivity index (χ3n) is 4.17. The number of aromatic nitrogens is 3. The van der Waals surface area contributed by atoms with Gasteiger partial charge in [-0.05, 0) is 36.8 Å². The Kier molecular flexibility index (Phi) is 3.86. The first-order valence-corrected chi connectivity index (χ1v) is 8.20. The van der Waals surface area contributed by atoms with Crippen molar-refractivity contribution in [2.24, 2.45) is 0 Å². The minimum Gasteiger partial charge on any atom is -0.310 e. The lowest BCUT2D eigenvalue weighted by Crippen LogP contribution is -2.12. The number of benzene rings is 2. The van der Waals surface area contributed by atoms with E-state index in [0.717, 1.165) is 28.0 Å². The first kappa shape index (κ1) is 15.3. The zero-order valence-electron chi connectivity index (χ0n) is 13.9. The number of nitrogens with one attached hydrogen (secondary N) is 1. The Hall–Kier alpha value is -3.27. The molecule has 25 heavy (non-hydrogen) atoms. The monoisotopic (exact) mass is 327 g/mol. The first-order chi connectivity index (χ1) is 12.2. The molecule has 0 saturated carbocycles. The molecular weight excluding hydrogens is 310 g/mol. The number of para-hydroxylation sites is 1. The molecule has 0 aliphatic rings. The molecule has 1 N–H and O–H groups in total. The van der Waals surface area contributed by atoms with Crippen LogP contribution in [0.4, 0.5) is 0 Å². The van der Waals surface area contributed by atoms with Crippen molar-refractivity contribution in [2.45, 2.75) is 13.3 Å². The average molecular weight is 327 g/mol. The smallest absolute Gasteiger partial charge is 0.258 e. The third kappa shape index (κ3) is 3.19. The zero-order valence-corrected chi connectivity index (χ0v) is 13.9. The summed E-state index contributed by atoms with van der Waals surface area (Å²) in [6, 6.07) is 21.6. The maximum Gasteiger partial charge on any atom is 0.258 e. The van der Waals surface area contributed by atoms with Gasteiger partial charge in [-0.25, -0.2) is 4.98 Å². The molecule has 0 radical (unpaired) electrons. The molecular formula is C21H17N3O. The van der Waals surface area contributed by atoms with E-state index in [9.17, 15) is 4.79 Å². The Morgan fingerprint density at radius 2 is 1.68 bits per heavy atom. The van der Waals surface area contributed by atoms with E-state index in [1.165, 1.54) is 0 Å². The van der Waals surface area contributed by atoms with Crippen molar-refractivity contribution in [1.82, 2.24) is 15.0 Å². The molecule has 4 rings (SSSR count). The Labute approximate surface area is 145 Å². The largest absolute Gasteiger partial charge is 0.310 e. The summed E-state index contributed by atoms with van der Waals surface area (Å²) in [4.78, 5) is 24.1. The summed E-state index contributed by atoms with van der Waals surface area (Å²) in [6.07, 6.45) is 0.585. The molecule has 2 aromatic heterocycles. The molecule has 4 aromatic rings. The zero-order chi connectivity index (χ0) is 17.2. The van der Waals surface area contributed by atoms with Gasteiger partial charge in [0.2, 0.25) is 0 Å². The quantitative estimate of drug-likeness (QED) is 0.621. The van der Waals surface area contributed by atoms with Crippen LogP contribution < -0.4 is 5.56 Å². The van der Waals surface area contributed by atoms with E-state index in [1.54, 1.807) is 6.07 Å². The summed E-state index contributed by atoms with van der Waals surface area (Å²) in [6.45, 7) is 1.99.